The zero-order valence-corrected chi connectivity index (χ0v) is 15.5. The van der Waals surface area contributed by atoms with Crippen molar-refractivity contribution in [2.75, 3.05) is 42.1 Å². The Morgan fingerprint density at radius 1 is 1.04 bits per heavy atom. The quantitative estimate of drug-likeness (QED) is 0.772. The van der Waals surface area contributed by atoms with Crippen LogP contribution in [-0.2, 0) is 4.79 Å². The van der Waals surface area contributed by atoms with Gasteiger partial charge in [0.25, 0.3) is 0 Å². The Morgan fingerprint density at radius 3 is 2.37 bits per heavy atom. The summed E-state index contributed by atoms with van der Waals surface area (Å²) in [7, 11) is 0. The van der Waals surface area contributed by atoms with Crippen LogP contribution in [0.5, 0.6) is 0 Å². The van der Waals surface area contributed by atoms with Gasteiger partial charge in [-0.2, -0.15) is 0 Å². The van der Waals surface area contributed by atoms with E-state index in [1.165, 1.54) is 23.9 Å². The normalized spacial score (nSPS) is 14.1. The third kappa shape index (κ3) is 5.13. The predicted octanol–water partition coefficient (Wildman–Crippen LogP) is 2.76. The monoisotopic (exact) mass is 388 g/mol. The van der Waals surface area contributed by atoms with Crippen LogP contribution in [0.3, 0.4) is 0 Å². The maximum absolute atomic E-state index is 13.1. The van der Waals surface area contributed by atoms with E-state index in [0.717, 1.165) is 10.6 Å². The fourth-order valence-corrected chi connectivity index (χ4v) is 3.61. The third-order valence-corrected chi connectivity index (χ3v) is 5.35. The van der Waals surface area contributed by atoms with Gasteiger partial charge >= 0.3 is 6.03 Å². The number of urea groups is 1. The van der Waals surface area contributed by atoms with Crippen molar-refractivity contribution >= 4 is 35.1 Å². The lowest BCUT2D eigenvalue weighted by molar-refractivity contribution is -0.115. The molecule has 0 bridgehead atoms. The van der Waals surface area contributed by atoms with Crippen LogP contribution in [0, 0.1) is 5.82 Å². The lowest BCUT2D eigenvalue weighted by atomic mass is 10.2. The van der Waals surface area contributed by atoms with Crippen LogP contribution < -0.4 is 16.0 Å². The molecule has 0 saturated carbocycles. The maximum atomic E-state index is 13.1. The molecule has 0 radical (unpaired) electrons. The van der Waals surface area contributed by atoms with Gasteiger partial charge in [-0.25, -0.2) is 9.18 Å². The summed E-state index contributed by atoms with van der Waals surface area (Å²) in [6.45, 7) is 2.49. The molecule has 1 aliphatic rings. The van der Waals surface area contributed by atoms with Crippen LogP contribution >= 0.6 is 11.8 Å². The van der Waals surface area contributed by atoms with E-state index in [9.17, 15) is 14.0 Å². The van der Waals surface area contributed by atoms with Crippen molar-refractivity contribution in [3.63, 3.8) is 0 Å². The molecule has 1 aliphatic heterocycles. The summed E-state index contributed by atoms with van der Waals surface area (Å²) in [4.78, 5) is 28.3. The minimum Gasteiger partial charge on any atom is -0.369 e. The first-order valence-electron chi connectivity index (χ1n) is 8.59. The van der Waals surface area contributed by atoms with Crippen LogP contribution in [0.15, 0.2) is 53.4 Å². The van der Waals surface area contributed by atoms with Gasteiger partial charge in [-0.3, -0.25) is 4.79 Å². The number of nitrogens with zero attached hydrogens (tertiary/aromatic N) is 2. The average molecular weight is 388 g/mol. The molecule has 2 aromatic carbocycles. The van der Waals surface area contributed by atoms with Gasteiger partial charge in [0, 0.05) is 36.8 Å². The molecule has 0 atom stereocenters. The van der Waals surface area contributed by atoms with E-state index < -0.39 is 5.91 Å². The molecule has 3 N–H and O–H groups in total. The second kappa shape index (κ2) is 8.77. The van der Waals surface area contributed by atoms with E-state index in [2.05, 4.69) is 10.2 Å². The standard InChI is InChI=1S/C19H21FN4O2S/c20-14-5-7-15(8-6-14)23-9-11-24(12-10-23)19(26)22-16-3-1-2-4-17(16)27-13-18(21)25/h1-8H,9-13H2,(H2,21,25)(H,22,26). The molecule has 142 valence electrons. The van der Waals surface area contributed by atoms with Crippen molar-refractivity contribution in [3.05, 3.63) is 54.3 Å². The molecule has 0 unspecified atom stereocenters. The highest BCUT2D eigenvalue weighted by Crippen LogP contribution is 2.27. The van der Waals surface area contributed by atoms with Gasteiger partial charge in [0.15, 0.2) is 0 Å². The van der Waals surface area contributed by atoms with Crippen LogP contribution in [0.4, 0.5) is 20.6 Å². The number of anilines is 2. The molecule has 3 rings (SSSR count). The summed E-state index contributed by atoms with van der Waals surface area (Å²) in [5, 5.41) is 2.91. The smallest absolute Gasteiger partial charge is 0.321 e. The molecule has 0 spiro atoms. The Balaban J connectivity index is 1.57. The Kier molecular flexibility index (Phi) is 6.18. The number of piperazine rings is 1. The summed E-state index contributed by atoms with van der Waals surface area (Å²) >= 11 is 1.30. The minimum absolute atomic E-state index is 0.156. The van der Waals surface area contributed by atoms with Crippen LogP contribution in [0.1, 0.15) is 0 Å². The lowest BCUT2D eigenvalue weighted by Gasteiger charge is -2.36. The molecule has 0 aromatic heterocycles. The van der Waals surface area contributed by atoms with E-state index in [1.54, 1.807) is 23.1 Å². The molecule has 8 heteroatoms. The van der Waals surface area contributed by atoms with Crippen molar-refractivity contribution in [1.29, 1.82) is 0 Å². The second-order valence-electron chi connectivity index (χ2n) is 6.13. The number of halogens is 1. The van der Waals surface area contributed by atoms with Crippen molar-refractivity contribution in [3.8, 4) is 0 Å². The van der Waals surface area contributed by atoms with Crippen molar-refractivity contribution in [1.82, 2.24) is 4.90 Å². The number of primary amides is 1. The van der Waals surface area contributed by atoms with Gasteiger partial charge in [0.1, 0.15) is 5.82 Å². The van der Waals surface area contributed by atoms with Crippen LogP contribution in [0.25, 0.3) is 0 Å². The fraction of sp³-hybridized carbons (Fsp3) is 0.263. The van der Waals surface area contributed by atoms with Gasteiger partial charge in [-0.05, 0) is 36.4 Å². The molecular weight excluding hydrogens is 367 g/mol. The Hall–Kier alpha value is -2.74. The van der Waals surface area contributed by atoms with Crippen molar-refractivity contribution in [2.45, 2.75) is 4.90 Å². The molecule has 1 fully saturated rings. The summed E-state index contributed by atoms with van der Waals surface area (Å²) in [5.74, 6) is -0.508. The summed E-state index contributed by atoms with van der Waals surface area (Å²) < 4.78 is 13.1. The molecule has 1 saturated heterocycles. The van der Waals surface area contributed by atoms with Gasteiger partial charge in [-0.1, -0.05) is 12.1 Å². The highest BCUT2D eigenvalue weighted by molar-refractivity contribution is 8.00. The molecule has 1 heterocycles. The summed E-state index contributed by atoms with van der Waals surface area (Å²) in [6, 6.07) is 13.5. The van der Waals surface area contributed by atoms with Crippen molar-refractivity contribution < 1.29 is 14.0 Å². The third-order valence-electron chi connectivity index (χ3n) is 4.26. The van der Waals surface area contributed by atoms with Crippen molar-refractivity contribution in [2.24, 2.45) is 5.73 Å². The highest BCUT2D eigenvalue weighted by atomic mass is 32.2. The number of carbonyl (C=O) groups excluding carboxylic acids is 2. The van der Waals surface area contributed by atoms with Gasteiger partial charge in [0.05, 0.1) is 11.4 Å². The van der Waals surface area contributed by atoms with E-state index in [4.69, 9.17) is 5.73 Å². The largest absolute Gasteiger partial charge is 0.369 e. The Morgan fingerprint density at radius 2 is 1.70 bits per heavy atom. The predicted molar refractivity (Wildman–Crippen MR) is 106 cm³/mol. The summed E-state index contributed by atoms with van der Waals surface area (Å²) in [5.41, 5.74) is 6.81. The average Bonchev–Trinajstić information content (AvgIpc) is 2.68. The first-order chi connectivity index (χ1) is 13.0. The van der Waals surface area contributed by atoms with E-state index >= 15 is 0 Å². The number of benzene rings is 2. The number of nitrogens with two attached hydrogens (primary N) is 1. The minimum atomic E-state index is -0.405. The lowest BCUT2D eigenvalue weighted by Crippen LogP contribution is -2.50. The van der Waals surface area contributed by atoms with E-state index in [0.29, 0.717) is 31.9 Å². The number of carbonyl (C=O) groups is 2. The van der Waals surface area contributed by atoms with Gasteiger partial charge in [-0.15, -0.1) is 11.8 Å². The number of para-hydroxylation sites is 1. The first-order valence-corrected chi connectivity index (χ1v) is 9.58. The molecule has 2 aromatic rings. The fourth-order valence-electron chi connectivity index (χ4n) is 2.86. The molecular formula is C19H21FN4O2S. The molecule has 3 amide bonds. The number of thioether (sulfide) groups is 1. The number of rotatable bonds is 5. The number of hydrogen-bond acceptors (Lipinski definition) is 4. The van der Waals surface area contributed by atoms with E-state index in [1.807, 2.05) is 18.2 Å². The van der Waals surface area contributed by atoms with Gasteiger partial charge < -0.3 is 20.9 Å². The number of hydrogen-bond donors (Lipinski definition) is 2. The first kappa shape index (κ1) is 19.0. The number of amides is 3. The number of nitrogens with one attached hydrogen (secondary N) is 1. The highest BCUT2D eigenvalue weighted by Gasteiger charge is 2.22. The maximum Gasteiger partial charge on any atom is 0.321 e. The van der Waals surface area contributed by atoms with Gasteiger partial charge in [0.2, 0.25) is 5.91 Å². The Bertz CT molecular complexity index is 808. The molecule has 6 nitrogen and oxygen atoms in total. The van der Waals surface area contributed by atoms with E-state index in [-0.39, 0.29) is 17.6 Å². The SMILES string of the molecule is NC(=O)CSc1ccccc1NC(=O)N1CCN(c2ccc(F)cc2)CC1. The zero-order chi connectivity index (χ0) is 19.2. The second-order valence-corrected chi connectivity index (χ2v) is 7.15. The van der Waals surface area contributed by atoms with Crippen LogP contribution in [0.2, 0.25) is 0 Å². The van der Waals surface area contributed by atoms with Crippen LogP contribution in [-0.4, -0.2) is 48.8 Å². The molecule has 0 aliphatic carbocycles. The molecule has 27 heavy (non-hydrogen) atoms. The topological polar surface area (TPSA) is 78.7 Å². The summed E-state index contributed by atoms with van der Waals surface area (Å²) in [6.07, 6.45) is 0. The Labute approximate surface area is 161 Å². The zero-order valence-electron chi connectivity index (χ0n) is 14.7.